The van der Waals surface area contributed by atoms with Gasteiger partial charge in [0.25, 0.3) is 10.2 Å². The number of hydrogen-bond acceptors (Lipinski definition) is 4. The maximum absolute atomic E-state index is 10.7. The van der Waals surface area contributed by atoms with Gasteiger partial charge < -0.3 is 10.2 Å². The van der Waals surface area contributed by atoms with Crippen LogP contribution in [0.1, 0.15) is 0 Å². The fourth-order valence-electron chi connectivity index (χ4n) is 0.713. The average molecular weight is 182 g/mol. The van der Waals surface area contributed by atoms with Gasteiger partial charge in [-0.25, -0.2) is 0 Å². The molecule has 6 nitrogen and oxygen atoms in total. The van der Waals surface area contributed by atoms with Gasteiger partial charge in [0.2, 0.25) is 0 Å². The number of aliphatic hydroxyl groups is 2. The molecule has 2 atom stereocenters. The summed E-state index contributed by atoms with van der Waals surface area (Å²) in [5, 5.41) is 17.9. The second kappa shape index (κ2) is 3.03. The number of hydrogen-bond donors (Lipinski definition) is 4. The second-order valence-electron chi connectivity index (χ2n) is 2.34. The van der Waals surface area contributed by atoms with E-state index in [1.54, 1.807) is 0 Å². The van der Waals surface area contributed by atoms with Crippen molar-refractivity contribution in [3.05, 3.63) is 0 Å². The molecule has 1 rings (SSSR count). The van der Waals surface area contributed by atoms with Crippen molar-refractivity contribution in [3.8, 4) is 0 Å². The highest BCUT2D eigenvalue weighted by Gasteiger charge is 2.24. The highest BCUT2D eigenvalue weighted by atomic mass is 32.2. The molecule has 11 heavy (non-hydrogen) atoms. The lowest BCUT2D eigenvalue weighted by Crippen LogP contribution is -2.35. The van der Waals surface area contributed by atoms with E-state index in [4.69, 9.17) is 10.2 Å². The van der Waals surface area contributed by atoms with Crippen molar-refractivity contribution in [2.45, 2.75) is 12.2 Å². The highest BCUT2D eigenvalue weighted by molar-refractivity contribution is 7.87. The molecule has 0 saturated carbocycles. The molecule has 1 heterocycles. The SMILES string of the molecule is O=S1(=O)NCC(O)[C@@H](O)CN1. The first kappa shape index (κ1) is 8.88. The summed E-state index contributed by atoms with van der Waals surface area (Å²) in [6.45, 7) is -0.312. The smallest absolute Gasteiger partial charge is 0.277 e. The molecule has 7 heteroatoms. The Balaban J connectivity index is 2.66. The van der Waals surface area contributed by atoms with Crippen molar-refractivity contribution >= 4 is 10.2 Å². The molecular formula is C4H10N2O4S. The zero-order valence-electron chi connectivity index (χ0n) is 5.69. The molecule has 0 radical (unpaired) electrons. The van der Waals surface area contributed by atoms with E-state index in [9.17, 15) is 8.42 Å². The van der Waals surface area contributed by atoms with Gasteiger partial charge in [-0.2, -0.15) is 17.9 Å². The van der Waals surface area contributed by atoms with Gasteiger partial charge >= 0.3 is 0 Å². The minimum absolute atomic E-state index is 0.156. The van der Waals surface area contributed by atoms with Gasteiger partial charge in [-0.3, -0.25) is 0 Å². The Morgan fingerprint density at radius 3 is 1.82 bits per heavy atom. The van der Waals surface area contributed by atoms with Crippen molar-refractivity contribution in [2.75, 3.05) is 13.1 Å². The van der Waals surface area contributed by atoms with Crippen LogP contribution in [0.2, 0.25) is 0 Å². The van der Waals surface area contributed by atoms with Gasteiger partial charge in [0.15, 0.2) is 0 Å². The normalized spacial score (nSPS) is 38.0. The largest absolute Gasteiger partial charge is 0.389 e. The van der Waals surface area contributed by atoms with E-state index < -0.39 is 22.4 Å². The summed E-state index contributed by atoms with van der Waals surface area (Å²) in [7, 11) is -3.51. The van der Waals surface area contributed by atoms with Crippen LogP contribution in [0.3, 0.4) is 0 Å². The first-order chi connectivity index (χ1) is 5.01. The lowest BCUT2D eigenvalue weighted by atomic mass is 10.2. The summed E-state index contributed by atoms with van der Waals surface area (Å²) in [4.78, 5) is 0. The minimum Gasteiger partial charge on any atom is -0.389 e. The lowest BCUT2D eigenvalue weighted by molar-refractivity contribution is 0.0299. The van der Waals surface area contributed by atoms with Crippen LogP contribution < -0.4 is 9.44 Å². The van der Waals surface area contributed by atoms with Crippen molar-refractivity contribution in [3.63, 3.8) is 0 Å². The van der Waals surface area contributed by atoms with Crippen LogP contribution in [-0.4, -0.2) is 43.9 Å². The zero-order chi connectivity index (χ0) is 8.48. The van der Waals surface area contributed by atoms with Gasteiger partial charge in [-0.1, -0.05) is 0 Å². The Bertz CT molecular complexity index is 208. The molecule has 66 valence electrons. The van der Waals surface area contributed by atoms with E-state index in [1.807, 2.05) is 0 Å². The standard InChI is InChI=1S/C4H10N2O4S/c7-3-1-5-11(9,10)6-2-4(3)8/h3-8H,1-2H2/t3-,4?/m0/s1. The Morgan fingerprint density at radius 1 is 1.09 bits per heavy atom. The number of β-amino-alcohol motifs (C(OH)–C–C–N with tert-alkyl or cyclic N) is 2. The van der Waals surface area contributed by atoms with Crippen molar-refractivity contribution in [1.82, 2.24) is 9.44 Å². The molecule has 1 saturated heterocycles. The van der Waals surface area contributed by atoms with Gasteiger partial charge in [-0.05, 0) is 0 Å². The molecular weight excluding hydrogens is 172 g/mol. The average Bonchev–Trinajstić information content (AvgIpc) is 2.03. The summed E-state index contributed by atoms with van der Waals surface area (Å²) in [5.74, 6) is 0. The van der Waals surface area contributed by atoms with Crippen LogP contribution in [0.15, 0.2) is 0 Å². The molecule has 1 aliphatic heterocycles. The molecule has 0 aromatic carbocycles. The van der Waals surface area contributed by atoms with Gasteiger partial charge in [0, 0.05) is 13.1 Å². The molecule has 0 spiro atoms. The molecule has 4 N–H and O–H groups in total. The van der Waals surface area contributed by atoms with E-state index in [2.05, 4.69) is 9.44 Å². The summed E-state index contributed by atoms with van der Waals surface area (Å²) >= 11 is 0. The Morgan fingerprint density at radius 2 is 1.45 bits per heavy atom. The van der Waals surface area contributed by atoms with Gasteiger partial charge in [0.05, 0.1) is 12.2 Å². The fraction of sp³-hybridized carbons (Fsp3) is 1.00. The minimum atomic E-state index is -3.51. The number of rotatable bonds is 0. The predicted molar refractivity (Wildman–Crippen MR) is 36.9 cm³/mol. The lowest BCUT2D eigenvalue weighted by Gasteiger charge is -2.10. The van der Waals surface area contributed by atoms with Crippen molar-refractivity contribution in [2.24, 2.45) is 0 Å². The van der Waals surface area contributed by atoms with Gasteiger partial charge in [-0.15, -0.1) is 0 Å². The van der Waals surface area contributed by atoms with E-state index in [0.29, 0.717) is 0 Å². The van der Waals surface area contributed by atoms with Crippen LogP contribution in [0, 0.1) is 0 Å². The zero-order valence-corrected chi connectivity index (χ0v) is 6.50. The summed E-state index contributed by atoms with van der Waals surface area (Å²) < 4.78 is 25.5. The Hall–Kier alpha value is -0.210. The highest BCUT2D eigenvalue weighted by Crippen LogP contribution is 1.96. The monoisotopic (exact) mass is 182 g/mol. The van der Waals surface area contributed by atoms with E-state index in [1.165, 1.54) is 0 Å². The van der Waals surface area contributed by atoms with Crippen LogP contribution in [0.25, 0.3) is 0 Å². The van der Waals surface area contributed by atoms with Crippen LogP contribution in [0.4, 0.5) is 0 Å². The third kappa shape index (κ3) is 2.38. The molecule has 0 aromatic heterocycles. The first-order valence-electron chi connectivity index (χ1n) is 3.11. The van der Waals surface area contributed by atoms with Gasteiger partial charge in [0.1, 0.15) is 0 Å². The van der Waals surface area contributed by atoms with Crippen LogP contribution >= 0.6 is 0 Å². The molecule has 0 aromatic rings. The summed E-state index contributed by atoms with van der Waals surface area (Å²) in [6, 6.07) is 0. The maximum atomic E-state index is 10.7. The van der Waals surface area contributed by atoms with E-state index >= 15 is 0 Å². The summed E-state index contributed by atoms with van der Waals surface area (Å²) in [6.07, 6.45) is -2.08. The Kier molecular flexibility index (Phi) is 2.45. The topological polar surface area (TPSA) is 98.7 Å². The third-order valence-electron chi connectivity index (χ3n) is 1.41. The molecule has 1 unspecified atom stereocenters. The summed E-state index contributed by atoms with van der Waals surface area (Å²) in [5.41, 5.74) is 0. The number of aliphatic hydroxyl groups excluding tert-OH is 2. The Labute approximate surface area is 64.4 Å². The van der Waals surface area contributed by atoms with Crippen molar-refractivity contribution < 1.29 is 18.6 Å². The predicted octanol–water partition coefficient (Wildman–Crippen LogP) is -2.85. The van der Waals surface area contributed by atoms with Crippen molar-refractivity contribution in [1.29, 1.82) is 0 Å². The quantitative estimate of drug-likeness (QED) is 0.324. The molecule has 0 aliphatic carbocycles. The van der Waals surface area contributed by atoms with E-state index in [-0.39, 0.29) is 13.1 Å². The van der Waals surface area contributed by atoms with Crippen LogP contribution in [-0.2, 0) is 10.2 Å². The first-order valence-corrected chi connectivity index (χ1v) is 4.60. The molecule has 1 aliphatic rings. The maximum Gasteiger partial charge on any atom is 0.277 e. The number of nitrogens with one attached hydrogen (secondary N) is 2. The third-order valence-corrected chi connectivity index (χ3v) is 2.50. The molecule has 0 amide bonds. The van der Waals surface area contributed by atoms with Crippen LogP contribution in [0.5, 0.6) is 0 Å². The van der Waals surface area contributed by atoms with E-state index in [0.717, 1.165) is 0 Å². The molecule has 0 bridgehead atoms. The fourth-order valence-corrected chi connectivity index (χ4v) is 1.60. The molecule has 1 fully saturated rings. The second-order valence-corrected chi connectivity index (χ2v) is 3.92.